The number of aliphatic hydroxyl groups is 1. The molecule has 8 nitrogen and oxygen atoms in total. The Morgan fingerprint density at radius 2 is 1.93 bits per heavy atom. The summed E-state index contributed by atoms with van der Waals surface area (Å²) >= 11 is 0. The highest BCUT2D eigenvalue weighted by Crippen LogP contribution is 2.50. The molecule has 2 saturated heterocycles. The van der Waals surface area contributed by atoms with Gasteiger partial charge >= 0.3 is 0 Å². The summed E-state index contributed by atoms with van der Waals surface area (Å²) in [6, 6.07) is 4.18. The van der Waals surface area contributed by atoms with Crippen LogP contribution in [0.5, 0.6) is 5.75 Å². The van der Waals surface area contributed by atoms with Crippen molar-refractivity contribution < 1.29 is 29.3 Å². The number of ketones is 1. The molecule has 3 aliphatic rings. The molecule has 2 heterocycles. The van der Waals surface area contributed by atoms with E-state index in [1.807, 2.05) is 0 Å². The third-order valence-corrected chi connectivity index (χ3v) is 6.03. The summed E-state index contributed by atoms with van der Waals surface area (Å²) in [7, 11) is 0. The van der Waals surface area contributed by atoms with Crippen LogP contribution < -0.4 is 5.32 Å². The van der Waals surface area contributed by atoms with Crippen molar-refractivity contribution in [2.45, 2.75) is 18.9 Å². The third kappa shape index (κ3) is 3.38. The molecule has 3 N–H and O–H groups in total. The molecule has 1 unspecified atom stereocenters. The van der Waals surface area contributed by atoms with Crippen molar-refractivity contribution in [1.82, 2.24) is 10.2 Å². The smallest absolute Gasteiger partial charge is 0.254 e. The van der Waals surface area contributed by atoms with Crippen molar-refractivity contribution in [3.05, 3.63) is 29.3 Å². The monoisotopic (exact) mass is 388 g/mol. The maximum atomic E-state index is 12.5. The zero-order valence-corrected chi connectivity index (χ0v) is 15.7. The standard InChI is InChI=1S/C20H24N2O6/c1-11(23)13-3-2-12(6-16(13)24)19(26)22-9-20(27,10-22)4-5-21-18(25)17-14-7-28-8-15(14)17/h2-3,6,14-15,17,24,27H,4-5,7-10H2,1H3,(H,21,25)/t14-,15+,17?. The van der Waals surface area contributed by atoms with Crippen LogP contribution in [0.1, 0.15) is 34.1 Å². The largest absolute Gasteiger partial charge is 0.507 e. The van der Waals surface area contributed by atoms with Gasteiger partial charge < -0.3 is 25.2 Å². The number of rotatable bonds is 6. The van der Waals surface area contributed by atoms with Crippen molar-refractivity contribution in [2.75, 3.05) is 32.8 Å². The number of amides is 2. The second kappa shape index (κ2) is 6.86. The Labute approximate surface area is 162 Å². The van der Waals surface area contributed by atoms with E-state index in [0.717, 1.165) is 0 Å². The molecule has 2 amide bonds. The number of hydrogen-bond donors (Lipinski definition) is 3. The van der Waals surface area contributed by atoms with Gasteiger partial charge in [0, 0.05) is 18.0 Å². The lowest BCUT2D eigenvalue weighted by Gasteiger charge is -2.46. The number of likely N-dealkylation sites (tertiary alicyclic amines) is 1. The number of phenolic OH excluding ortho intramolecular Hbond substituents is 1. The van der Waals surface area contributed by atoms with Crippen LogP contribution >= 0.6 is 0 Å². The van der Waals surface area contributed by atoms with Gasteiger partial charge in [0.2, 0.25) is 5.91 Å². The minimum absolute atomic E-state index is 0.0233. The molecule has 1 aromatic rings. The molecule has 0 aromatic heterocycles. The van der Waals surface area contributed by atoms with Gasteiger partial charge in [-0.05, 0) is 43.4 Å². The molecule has 0 bridgehead atoms. The number of nitrogens with zero attached hydrogens (tertiary/aromatic N) is 1. The minimum atomic E-state index is -1.02. The van der Waals surface area contributed by atoms with Gasteiger partial charge in [-0.1, -0.05) is 0 Å². The Balaban J connectivity index is 1.24. The van der Waals surface area contributed by atoms with Crippen LogP contribution in [-0.2, 0) is 9.53 Å². The molecule has 1 aromatic carbocycles. The second-order valence-electron chi connectivity index (χ2n) is 8.11. The van der Waals surface area contributed by atoms with Crippen molar-refractivity contribution in [3.63, 3.8) is 0 Å². The van der Waals surface area contributed by atoms with Crippen LogP contribution in [0, 0.1) is 17.8 Å². The summed E-state index contributed by atoms with van der Waals surface area (Å²) in [6.07, 6.45) is 0.371. The lowest BCUT2D eigenvalue weighted by Crippen LogP contribution is -2.64. The maximum Gasteiger partial charge on any atom is 0.254 e. The van der Waals surface area contributed by atoms with Crippen LogP contribution in [0.2, 0.25) is 0 Å². The number of hydrogen-bond acceptors (Lipinski definition) is 6. The zero-order chi connectivity index (χ0) is 20.1. The molecule has 28 heavy (non-hydrogen) atoms. The summed E-state index contributed by atoms with van der Waals surface area (Å²) in [5, 5.41) is 23.3. The van der Waals surface area contributed by atoms with Gasteiger partial charge in [0.05, 0.1) is 31.9 Å². The first kappa shape index (κ1) is 18.9. The molecule has 0 radical (unpaired) electrons. The molecule has 4 rings (SSSR count). The predicted octanol–water partition coefficient (Wildman–Crippen LogP) is 0.180. The number of carbonyl (C=O) groups excluding carboxylic acids is 3. The predicted molar refractivity (Wildman–Crippen MR) is 97.9 cm³/mol. The van der Waals surface area contributed by atoms with Crippen LogP contribution in [0.15, 0.2) is 18.2 Å². The van der Waals surface area contributed by atoms with Crippen molar-refractivity contribution in [2.24, 2.45) is 17.8 Å². The first-order chi connectivity index (χ1) is 13.3. The molecule has 2 aliphatic heterocycles. The summed E-state index contributed by atoms with van der Waals surface area (Å²) in [5.74, 6) is -0.0450. The number of phenols is 1. The van der Waals surface area contributed by atoms with Crippen molar-refractivity contribution >= 4 is 17.6 Å². The van der Waals surface area contributed by atoms with Crippen LogP contribution in [0.4, 0.5) is 0 Å². The van der Waals surface area contributed by atoms with E-state index >= 15 is 0 Å². The van der Waals surface area contributed by atoms with Gasteiger partial charge in [-0.15, -0.1) is 0 Å². The Hall–Kier alpha value is -2.45. The highest BCUT2D eigenvalue weighted by atomic mass is 16.5. The second-order valence-corrected chi connectivity index (χ2v) is 8.11. The molecular weight excluding hydrogens is 364 g/mol. The van der Waals surface area contributed by atoms with E-state index in [0.29, 0.717) is 38.0 Å². The van der Waals surface area contributed by atoms with E-state index in [2.05, 4.69) is 5.32 Å². The highest BCUT2D eigenvalue weighted by Gasteiger charge is 2.57. The lowest BCUT2D eigenvalue weighted by molar-refractivity contribution is -0.124. The van der Waals surface area contributed by atoms with E-state index in [1.54, 1.807) is 0 Å². The Morgan fingerprint density at radius 1 is 1.25 bits per heavy atom. The van der Waals surface area contributed by atoms with Crippen molar-refractivity contribution in [3.8, 4) is 5.75 Å². The van der Waals surface area contributed by atoms with Crippen LogP contribution in [0.25, 0.3) is 0 Å². The molecule has 3 fully saturated rings. The normalized spacial score (nSPS) is 26.9. The maximum absolute atomic E-state index is 12.5. The summed E-state index contributed by atoms with van der Waals surface area (Å²) < 4.78 is 5.28. The number of benzene rings is 1. The highest BCUT2D eigenvalue weighted by molar-refractivity contribution is 6.00. The quantitative estimate of drug-likeness (QED) is 0.599. The summed E-state index contributed by atoms with van der Waals surface area (Å²) in [5.41, 5.74) is -0.591. The van der Waals surface area contributed by atoms with Crippen molar-refractivity contribution in [1.29, 1.82) is 0 Å². The van der Waals surface area contributed by atoms with E-state index in [9.17, 15) is 24.6 Å². The average Bonchev–Trinajstić information content (AvgIpc) is 3.10. The van der Waals surface area contributed by atoms with Gasteiger partial charge in [-0.2, -0.15) is 0 Å². The van der Waals surface area contributed by atoms with Gasteiger partial charge in [-0.25, -0.2) is 0 Å². The van der Waals surface area contributed by atoms with Gasteiger partial charge in [0.15, 0.2) is 5.78 Å². The fourth-order valence-electron chi connectivity index (χ4n) is 4.28. The van der Waals surface area contributed by atoms with Gasteiger partial charge in [0.25, 0.3) is 5.91 Å². The molecule has 8 heteroatoms. The van der Waals surface area contributed by atoms with Crippen LogP contribution in [0.3, 0.4) is 0 Å². The number of nitrogens with one attached hydrogen (secondary N) is 1. The number of β-amino-alcohol motifs (C(OH)–C–C–N with tert-alkyl or cyclic N) is 1. The number of Topliss-reactive ketones (excluding diaryl/α,β-unsaturated/α-hetero) is 1. The van der Waals surface area contributed by atoms with E-state index in [1.165, 1.54) is 30.0 Å². The van der Waals surface area contributed by atoms with Gasteiger partial charge in [0.1, 0.15) is 11.4 Å². The van der Waals surface area contributed by atoms with Gasteiger partial charge in [-0.3, -0.25) is 14.4 Å². The molecule has 1 aliphatic carbocycles. The van der Waals surface area contributed by atoms with Crippen LogP contribution in [-0.4, -0.2) is 71.2 Å². The van der Waals surface area contributed by atoms with E-state index in [4.69, 9.17) is 4.74 Å². The van der Waals surface area contributed by atoms with E-state index < -0.39 is 5.60 Å². The van der Waals surface area contributed by atoms with E-state index in [-0.39, 0.29) is 53.5 Å². The Morgan fingerprint density at radius 3 is 2.54 bits per heavy atom. The number of aromatic hydroxyl groups is 1. The zero-order valence-electron chi connectivity index (χ0n) is 15.7. The average molecular weight is 388 g/mol. The molecular formula is C20H24N2O6. The first-order valence-corrected chi connectivity index (χ1v) is 9.50. The Kier molecular flexibility index (Phi) is 4.63. The number of fused-ring (bicyclic) bond motifs is 1. The molecule has 3 atom stereocenters. The third-order valence-electron chi connectivity index (χ3n) is 6.03. The number of ether oxygens (including phenoxy) is 1. The summed E-state index contributed by atoms with van der Waals surface area (Å²) in [6.45, 7) is 3.36. The minimum Gasteiger partial charge on any atom is -0.507 e. The fourth-order valence-corrected chi connectivity index (χ4v) is 4.28. The summed E-state index contributed by atoms with van der Waals surface area (Å²) in [4.78, 5) is 37.4. The lowest BCUT2D eigenvalue weighted by atomic mass is 9.89. The molecule has 1 saturated carbocycles. The Bertz CT molecular complexity index is 822. The first-order valence-electron chi connectivity index (χ1n) is 9.50. The molecule has 0 spiro atoms. The SMILES string of the molecule is CC(=O)c1ccc(C(=O)N2CC(O)(CCNC(=O)C3[C@H]4COC[C@@H]34)C2)cc1O. The fraction of sp³-hybridized carbons (Fsp3) is 0.550. The topological polar surface area (TPSA) is 116 Å². The number of carbonyl (C=O) groups is 3. The molecule has 150 valence electrons.